The van der Waals surface area contributed by atoms with Gasteiger partial charge in [0.15, 0.2) is 5.69 Å². The molecule has 12 heteroatoms. The van der Waals surface area contributed by atoms with Crippen molar-refractivity contribution < 1.29 is 31.4 Å². The van der Waals surface area contributed by atoms with Crippen molar-refractivity contribution in [3.8, 4) is 0 Å². The Hall–Kier alpha value is -2.27. The normalized spacial score (nSPS) is 13.5. The van der Waals surface area contributed by atoms with Gasteiger partial charge in [-0.1, -0.05) is 25.4 Å². The summed E-state index contributed by atoms with van der Waals surface area (Å²) in [6.07, 6.45) is -9.42. The summed E-state index contributed by atoms with van der Waals surface area (Å²) in [5.41, 5.74) is -2.35. The molecule has 0 aliphatic rings. The van der Waals surface area contributed by atoms with Crippen LogP contribution in [0.4, 0.5) is 43.8 Å². The number of hydrogen-bond acceptors (Lipinski definition) is 5. The second-order valence-corrected chi connectivity index (χ2v) is 6.86. The molecule has 2 aromatic rings. The summed E-state index contributed by atoms with van der Waals surface area (Å²) in [4.78, 5) is 7.30. The van der Waals surface area contributed by atoms with E-state index >= 15 is 0 Å². The third-order valence-electron chi connectivity index (χ3n) is 3.89. The van der Waals surface area contributed by atoms with Crippen LogP contribution >= 0.6 is 11.6 Å². The van der Waals surface area contributed by atoms with Gasteiger partial charge in [0, 0.05) is 6.07 Å². The van der Waals surface area contributed by atoms with E-state index in [4.69, 9.17) is 11.6 Å². The van der Waals surface area contributed by atoms with E-state index in [9.17, 15) is 31.4 Å². The second kappa shape index (κ2) is 8.62. The first-order valence-corrected chi connectivity index (χ1v) is 8.66. The van der Waals surface area contributed by atoms with Crippen LogP contribution in [0.3, 0.4) is 0 Å². The van der Waals surface area contributed by atoms with Gasteiger partial charge in [-0.15, -0.1) is 0 Å². The van der Waals surface area contributed by atoms with Crippen molar-refractivity contribution >= 4 is 29.1 Å². The number of alkyl halides is 6. The van der Waals surface area contributed by atoms with Crippen LogP contribution in [-0.2, 0) is 12.4 Å². The van der Waals surface area contributed by atoms with Crippen molar-refractivity contribution in [2.45, 2.75) is 32.2 Å². The molecule has 0 aliphatic carbocycles. The zero-order valence-corrected chi connectivity index (χ0v) is 15.9. The van der Waals surface area contributed by atoms with E-state index in [2.05, 4.69) is 20.6 Å². The fourth-order valence-corrected chi connectivity index (χ4v) is 2.47. The number of aliphatic hydroxyl groups excluding tert-OH is 1. The molecule has 1 aromatic carbocycles. The summed E-state index contributed by atoms with van der Waals surface area (Å²) < 4.78 is 77.7. The number of benzene rings is 1. The highest BCUT2D eigenvalue weighted by atomic mass is 35.5. The highest BCUT2D eigenvalue weighted by Gasteiger charge is 2.34. The van der Waals surface area contributed by atoms with Gasteiger partial charge in [0.05, 0.1) is 28.9 Å². The predicted octanol–water partition coefficient (Wildman–Crippen LogP) is 5.34. The zero-order chi connectivity index (χ0) is 22.0. The highest BCUT2D eigenvalue weighted by molar-refractivity contribution is 6.33. The molecular formula is C17H17ClF6N4O. The molecular weight excluding hydrogens is 426 g/mol. The monoisotopic (exact) mass is 442 g/mol. The number of nitrogens with one attached hydrogen (secondary N) is 2. The van der Waals surface area contributed by atoms with Gasteiger partial charge in [0.25, 0.3) is 0 Å². The maximum Gasteiger partial charge on any atom is 0.433 e. The van der Waals surface area contributed by atoms with Gasteiger partial charge in [0.2, 0.25) is 5.95 Å². The Labute approximate surface area is 167 Å². The lowest BCUT2D eigenvalue weighted by Gasteiger charge is -2.21. The largest absolute Gasteiger partial charge is 0.433 e. The molecule has 1 aromatic heterocycles. The lowest BCUT2D eigenvalue weighted by atomic mass is 10.1. The minimum absolute atomic E-state index is 0.0694. The fraction of sp³-hybridized carbons (Fsp3) is 0.412. The molecule has 1 heterocycles. The average molecular weight is 443 g/mol. The van der Waals surface area contributed by atoms with Crippen molar-refractivity contribution in [2.75, 3.05) is 17.2 Å². The Morgan fingerprint density at radius 3 is 2.17 bits per heavy atom. The number of anilines is 3. The number of aromatic nitrogens is 2. The minimum atomic E-state index is -4.80. The molecule has 0 saturated carbocycles. The van der Waals surface area contributed by atoms with E-state index < -0.39 is 35.6 Å². The number of halogens is 7. The third kappa shape index (κ3) is 6.10. The molecule has 0 amide bonds. The lowest BCUT2D eigenvalue weighted by molar-refractivity contribution is -0.141. The molecule has 0 fully saturated rings. The summed E-state index contributed by atoms with van der Waals surface area (Å²) in [6, 6.07) is 2.36. The average Bonchev–Trinajstić information content (AvgIpc) is 2.59. The van der Waals surface area contributed by atoms with Crippen LogP contribution in [-0.4, -0.2) is 27.7 Å². The predicted molar refractivity (Wildman–Crippen MR) is 96.1 cm³/mol. The minimum Gasteiger partial charge on any atom is -0.394 e. The Morgan fingerprint density at radius 2 is 1.69 bits per heavy atom. The van der Waals surface area contributed by atoms with E-state index in [1.165, 1.54) is 0 Å². The van der Waals surface area contributed by atoms with Crippen LogP contribution in [0.15, 0.2) is 24.3 Å². The first-order chi connectivity index (χ1) is 13.3. The van der Waals surface area contributed by atoms with Gasteiger partial charge < -0.3 is 15.7 Å². The molecule has 0 bridgehead atoms. The summed E-state index contributed by atoms with van der Waals surface area (Å²) in [6.45, 7) is 3.11. The lowest BCUT2D eigenvalue weighted by Crippen LogP contribution is -2.30. The van der Waals surface area contributed by atoms with Crippen molar-refractivity contribution in [2.24, 2.45) is 5.92 Å². The SMILES string of the molecule is CC(C)[C@@H](CO)Nc1nc(Nc2ccc(C(F)(F)F)cc2Cl)cc(C(F)(F)F)n1. The summed E-state index contributed by atoms with van der Waals surface area (Å²) in [7, 11) is 0. The standard InChI is InChI=1S/C17H17ClF6N4O/c1-8(2)12(7-29)26-15-27-13(17(22,23)24)6-14(28-15)25-11-4-3-9(5-10(11)18)16(19,20)21/h3-6,8,12,29H,7H2,1-2H3,(H2,25,26,27,28)/t12-/m1/s1. The maximum absolute atomic E-state index is 13.2. The van der Waals surface area contributed by atoms with E-state index in [1.54, 1.807) is 13.8 Å². The summed E-state index contributed by atoms with van der Waals surface area (Å²) in [5, 5.41) is 14.1. The molecule has 0 unspecified atom stereocenters. The Bertz CT molecular complexity index is 857. The van der Waals surface area contributed by atoms with Gasteiger partial charge >= 0.3 is 12.4 Å². The molecule has 29 heavy (non-hydrogen) atoms. The van der Waals surface area contributed by atoms with Crippen LogP contribution in [0, 0.1) is 5.92 Å². The molecule has 0 spiro atoms. The second-order valence-electron chi connectivity index (χ2n) is 6.45. The van der Waals surface area contributed by atoms with Crippen LogP contribution in [0.5, 0.6) is 0 Å². The quantitative estimate of drug-likeness (QED) is 0.527. The molecule has 160 valence electrons. The van der Waals surface area contributed by atoms with E-state index in [0.717, 1.165) is 12.1 Å². The van der Waals surface area contributed by atoms with Crippen LogP contribution in [0.25, 0.3) is 0 Å². The van der Waals surface area contributed by atoms with Crippen molar-refractivity contribution in [1.29, 1.82) is 0 Å². The van der Waals surface area contributed by atoms with Gasteiger partial charge in [0.1, 0.15) is 5.82 Å². The molecule has 2 rings (SSSR count). The Morgan fingerprint density at radius 1 is 1.03 bits per heavy atom. The Balaban J connectivity index is 2.40. The molecule has 3 N–H and O–H groups in total. The van der Waals surface area contributed by atoms with E-state index in [-0.39, 0.29) is 29.1 Å². The van der Waals surface area contributed by atoms with Crippen LogP contribution < -0.4 is 10.6 Å². The highest BCUT2D eigenvalue weighted by Crippen LogP contribution is 2.35. The molecule has 1 atom stereocenters. The number of nitrogens with zero attached hydrogens (tertiary/aromatic N) is 2. The topological polar surface area (TPSA) is 70.1 Å². The van der Waals surface area contributed by atoms with Gasteiger partial charge in [-0.05, 0) is 24.1 Å². The third-order valence-corrected chi connectivity index (χ3v) is 4.20. The zero-order valence-electron chi connectivity index (χ0n) is 15.2. The number of aliphatic hydroxyl groups is 1. The molecule has 0 radical (unpaired) electrons. The molecule has 5 nitrogen and oxygen atoms in total. The summed E-state index contributed by atoms with van der Waals surface area (Å²) in [5.74, 6) is -0.881. The van der Waals surface area contributed by atoms with Crippen LogP contribution in [0.1, 0.15) is 25.1 Å². The number of rotatable bonds is 6. The van der Waals surface area contributed by atoms with Crippen LogP contribution in [0.2, 0.25) is 5.02 Å². The molecule has 0 saturated heterocycles. The smallest absolute Gasteiger partial charge is 0.394 e. The van der Waals surface area contributed by atoms with Crippen molar-refractivity contribution in [3.63, 3.8) is 0 Å². The van der Waals surface area contributed by atoms with E-state index in [1.807, 2.05) is 0 Å². The number of hydrogen-bond donors (Lipinski definition) is 3. The summed E-state index contributed by atoms with van der Waals surface area (Å²) >= 11 is 5.83. The first kappa shape index (κ1) is 23.0. The Kier molecular flexibility index (Phi) is 6.84. The van der Waals surface area contributed by atoms with Gasteiger partial charge in [-0.25, -0.2) is 4.98 Å². The van der Waals surface area contributed by atoms with Gasteiger partial charge in [-0.2, -0.15) is 31.3 Å². The van der Waals surface area contributed by atoms with Crippen molar-refractivity contribution in [1.82, 2.24) is 9.97 Å². The van der Waals surface area contributed by atoms with E-state index in [0.29, 0.717) is 12.1 Å². The maximum atomic E-state index is 13.2. The van der Waals surface area contributed by atoms with Crippen molar-refractivity contribution in [3.05, 3.63) is 40.5 Å². The van der Waals surface area contributed by atoms with Gasteiger partial charge in [-0.3, -0.25) is 0 Å². The fourth-order valence-electron chi connectivity index (χ4n) is 2.24. The molecule has 0 aliphatic heterocycles. The first-order valence-electron chi connectivity index (χ1n) is 8.28.